The van der Waals surface area contributed by atoms with Gasteiger partial charge in [0.2, 0.25) is 15.9 Å². The van der Waals surface area contributed by atoms with Crippen molar-refractivity contribution in [2.24, 2.45) is 5.92 Å². The van der Waals surface area contributed by atoms with E-state index in [1.54, 1.807) is 37.4 Å². The number of H-pyrrole nitrogens is 1. The number of hydrogen-bond acceptors (Lipinski definition) is 4. The van der Waals surface area contributed by atoms with E-state index in [0.29, 0.717) is 29.9 Å². The minimum absolute atomic E-state index is 0.00684. The minimum atomic E-state index is -3.84. The molecular formula is C22H23FN4O4S. The predicted octanol–water partition coefficient (Wildman–Crippen LogP) is 2.65. The zero-order valence-electron chi connectivity index (χ0n) is 17.4. The van der Waals surface area contributed by atoms with Gasteiger partial charge < -0.3 is 10.3 Å². The standard InChI is InChI=1S/C22H23FN4O4S/c1-15-13-24-22(29)27(15)20-7-3-2-6-19(20)25-21(28)16-5-4-12-26(14-16)32(30,31)18-10-8-17(23)9-11-18/h2-3,6-11,13,16H,4-5,12,14H2,1H3,(H,24,29)(H,25,28). The number of piperidine rings is 1. The van der Waals surface area contributed by atoms with Crippen LogP contribution in [0.2, 0.25) is 0 Å². The molecule has 1 aromatic heterocycles. The number of anilines is 1. The average molecular weight is 459 g/mol. The lowest BCUT2D eigenvalue weighted by atomic mass is 9.98. The third-order valence-electron chi connectivity index (χ3n) is 5.57. The third kappa shape index (κ3) is 4.23. The summed E-state index contributed by atoms with van der Waals surface area (Å²) in [6, 6.07) is 11.6. The highest BCUT2D eigenvalue weighted by Crippen LogP contribution is 2.26. The maximum absolute atomic E-state index is 13.2. The quantitative estimate of drug-likeness (QED) is 0.613. The number of aromatic nitrogens is 2. The van der Waals surface area contributed by atoms with Crippen LogP contribution in [-0.4, -0.2) is 41.3 Å². The molecule has 10 heteroatoms. The topological polar surface area (TPSA) is 104 Å². The highest BCUT2D eigenvalue weighted by molar-refractivity contribution is 7.89. The molecule has 1 saturated heterocycles. The van der Waals surface area contributed by atoms with Crippen molar-refractivity contribution in [1.29, 1.82) is 0 Å². The molecule has 0 saturated carbocycles. The molecule has 0 spiro atoms. The van der Waals surface area contributed by atoms with E-state index in [4.69, 9.17) is 0 Å². The van der Waals surface area contributed by atoms with Crippen molar-refractivity contribution in [3.8, 4) is 5.69 Å². The van der Waals surface area contributed by atoms with Gasteiger partial charge in [-0.2, -0.15) is 4.31 Å². The van der Waals surface area contributed by atoms with Gasteiger partial charge in [-0.3, -0.25) is 9.36 Å². The molecule has 8 nitrogen and oxygen atoms in total. The Morgan fingerprint density at radius 1 is 1.16 bits per heavy atom. The molecular weight excluding hydrogens is 435 g/mol. The van der Waals surface area contributed by atoms with Gasteiger partial charge in [-0.1, -0.05) is 12.1 Å². The van der Waals surface area contributed by atoms with Gasteiger partial charge >= 0.3 is 5.69 Å². The summed E-state index contributed by atoms with van der Waals surface area (Å²) < 4.78 is 41.8. The summed E-state index contributed by atoms with van der Waals surface area (Å²) >= 11 is 0. The molecule has 4 rings (SSSR count). The zero-order chi connectivity index (χ0) is 22.9. The molecule has 0 aliphatic carbocycles. The lowest BCUT2D eigenvalue weighted by molar-refractivity contribution is -0.120. The predicted molar refractivity (Wildman–Crippen MR) is 118 cm³/mol. The Labute approximate surface area is 184 Å². The van der Waals surface area contributed by atoms with Gasteiger partial charge in [-0.25, -0.2) is 17.6 Å². The number of sulfonamides is 1. The summed E-state index contributed by atoms with van der Waals surface area (Å²) in [5, 5.41) is 2.86. The molecule has 1 aliphatic heterocycles. The summed E-state index contributed by atoms with van der Waals surface area (Å²) in [6.45, 7) is 2.09. The number of carbonyl (C=O) groups excluding carboxylic acids is 1. The molecule has 2 aromatic carbocycles. The number of imidazole rings is 1. The summed E-state index contributed by atoms with van der Waals surface area (Å²) in [7, 11) is -3.84. The van der Waals surface area contributed by atoms with Crippen LogP contribution in [0, 0.1) is 18.7 Å². The number of aromatic amines is 1. The normalized spacial score (nSPS) is 17.2. The van der Waals surface area contributed by atoms with E-state index in [-0.39, 0.29) is 29.6 Å². The van der Waals surface area contributed by atoms with E-state index in [2.05, 4.69) is 10.3 Å². The van der Waals surface area contributed by atoms with Crippen LogP contribution in [0.5, 0.6) is 0 Å². The first-order chi connectivity index (χ1) is 15.3. The third-order valence-corrected chi connectivity index (χ3v) is 7.45. The van der Waals surface area contributed by atoms with Gasteiger partial charge in [0.25, 0.3) is 0 Å². The Balaban J connectivity index is 1.54. The van der Waals surface area contributed by atoms with Gasteiger partial charge in [0.15, 0.2) is 0 Å². The second-order valence-corrected chi connectivity index (χ2v) is 9.67. The van der Waals surface area contributed by atoms with E-state index >= 15 is 0 Å². The SMILES string of the molecule is Cc1c[nH]c(=O)n1-c1ccccc1NC(=O)C1CCCN(S(=O)(=O)c2ccc(F)cc2)C1. The number of amides is 1. The van der Waals surface area contributed by atoms with Crippen LogP contribution in [0.4, 0.5) is 10.1 Å². The Kier molecular flexibility index (Phi) is 5.98. The number of rotatable bonds is 5. The Morgan fingerprint density at radius 3 is 2.56 bits per heavy atom. The highest BCUT2D eigenvalue weighted by atomic mass is 32.2. The lowest BCUT2D eigenvalue weighted by Gasteiger charge is -2.31. The second-order valence-electron chi connectivity index (χ2n) is 7.73. The van der Waals surface area contributed by atoms with E-state index in [0.717, 1.165) is 12.1 Å². The second kappa shape index (κ2) is 8.71. The molecule has 32 heavy (non-hydrogen) atoms. The van der Waals surface area contributed by atoms with Gasteiger partial charge in [0.1, 0.15) is 5.82 Å². The van der Waals surface area contributed by atoms with Crippen molar-refractivity contribution < 1.29 is 17.6 Å². The fraction of sp³-hybridized carbons (Fsp3) is 0.273. The van der Waals surface area contributed by atoms with E-state index in [1.165, 1.54) is 21.0 Å². The summed E-state index contributed by atoms with van der Waals surface area (Å²) in [5.41, 5.74) is 1.35. The van der Waals surface area contributed by atoms with E-state index < -0.39 is 21.8 Å². The van der Waals surface area contributed by atoms with Crippen LogP contribution in [0.25, 0.3) is 5.69 Å². The van der Waals surface area contributed by atoms with Crippen LogP contribution < -0.4 is 11.0 Å². The van der Waals surface area contributed by atoms with Gasteiger partial charge in [0.05, 0.1) is 22.2 Å². The number of nitrogens with one attached hydrogen (secondary N) is 2. The first kappa shape index (κ1) is 22.0. The number of para-hydroxylation sites is 2. The van der Waals surface area contributed by atoms with E-state index in [9.17, 15) is 22.4 Å². The fourth-order valence-corrected chi connectivity index (χ4v) is 5.42. The maximum atomic E-state index is 13.2. The number of halogens is 1. The van der Waals surface area contributed by atoms with Crippen LogP contribution in [-0.2, 0) is 14.8 Å². The smallest absolute Gasteiger partial charge is 0.324 e. The molecule has 2 heterocycles. The number of aryl methyl sites for hydroxylation is 1. The molecule has 0 bridgehead atoms. The van der Waals surface area contributed by atoms with Gasteiger partial charge in [-0.15, -0.1) is 0 Å². The fourth-order valence-electron chi connectivity index (χ4n) is 3.89. The molecule has 2 N–H and O–H groups in total. The minimum Gasteiger partial charge on any atom is -0.324 e. The molecule has 1 atom stereocenters. The van der Waals surface area contributed by atoms with Gasteiger partial charge in [-0.05, 0) is 56.2 Å². The van der Waals surface area contributed by atoms with Crippen LogP contribution in [0.15, 0.2) is 64.4 Å². The monoisotopic (exact) mass is 458 g/mol. The summed E-state index contributed by atoms with van der Waals surface area (Å²) in [4.78, 5) is 27.8. The molecule has 1 amide bonds. The number of nitrogens with zero attached hydrogens (tertiary/aromatic N) is 2. The zero-order valence-corrected chi connectivity index (χ0v) is 18.2. The van der Waals surface area contributed by atoms with Crippen molar-refractivity contribution in [2.45, 2.75) is 24.7 Å². The van der Waals surface area contributed by atoms with Crippen LogP contribution >= 0.6 is 0 Å². The first-order valence-electron chi connectivity index (χ1n) is 10.2. The maximum Gasteiger partial charge on any atom is 0.330 e. The molecule has 1 aliphatic rings. The number of hydrogen-bond donors (Lipinski definition) is 2. The molecule has 168 valence electrons. The van der Waals surface area contributed by atoms with Crippen LogP contribution in [0.3, 0.4) is 0 Å². The summed E-state index contributed by atoms with van der Waals surface area (Å²) in [5.74, 6) is -1.40. The first-order valence-corrected chi connectivity index (χ1v) is 11.6. The Hall–Kier alpha value is -3.24. The van der Waals surface area contributed by atoms with Crippen molar-refractivity contribution in [3.05, 3.63) is 76.7 Å². The van der Waals surface area contributed by atoms with Crippen molar-refractivity contribution in [3.63, 3.8) is 0 Å². The highest BCUT2D eigenvalue weighted by Gasteiger charge is 2.33. The number of benzene rings is 2. The largest absolute Gasteiger partial charge is 0.330 e. The van der Waals surface area contributed by atoms with Crippen LogP contribution in [0.1, 0.15) is 18.5 Å². The van der Waals surface area contributed by atoms with Gasteiger partial charge in [0, 0.05) is 25.0 Å². The Bertz CT molecular complexity index is 1300. The molecule has 1 unspecified atom stereocenters. The molecule has 1 fully saturated rings. The molecule has 0 radical (unpaired) electrons. The van der Waals surface area contributed by atoms with Crippen molar-refractivity contribution in [2.75, 3.05) is 18.4 Å². The Morgan fingerprint density at radius 2 is 1.88 bits per heavy atom. The van der Waals surface area contributed by atoms with E-state index in [1.807, 2.05) is 0 Å². The van der Waals surface area contributed by atoms with Crippen molar-refractivity contribution >= 4 is 21.6 Å². The average Bonchev–Trinajstić information content (AvgIpc) is 3.12. The molecule has 3 aromatic rings. The lowest BCUT2D eigenvalue weighted by Crippen LogP contribution is -2.43. The number of carbonyl (C=O) groups is 1. The van der Waals surface area contributed by atoms with Crippen molar-refractivity contribution in [1.82, 2.24) is 13.9 Å². The summed E-state index contributed by atoms with van der Waals surface area (Å²) in [6.07, 6.45) is 2.64.